The second-order valence-corrected chi connectivity index (χ2v) is 8.89. The lowest BCUT2D eigenvalue weighted by Gasteiger charge is -2.29. The molecule has 2 atom stereocenters. The van der Waals surface area contributed by atoms with Crippen LogP contribution in [0, 0.1) is 0 Å². The summed E-state index contributed by atoms with van der Waals surface area (Å²) in [4.78, 5) is 18.6. The molecule has 7 nitrogen and oxygen atoms in total. The predicted molar refractivity (Wildman–Crippen MR) is 129 cm³/mol. The zero-order valence-corrected chi connectivity index (χ0v) is 19.0. The monoisotopic (exact) mass is 459 g/mol. The Morgan fingerprint density at radius 3 is 2.82 bits per heavy atom. The molecule has 3 heterocycles. The predicted octanol–water partition coefficient (Wildman–Crippen LogP) is 4.34. The van der Waals surface area contributed by atoms with Crippen LogP contribution < -0.4 is 14.8 Å². The van der Waals surface area contributed by atoms with Crippen LogP contribution in [0.4, 0.5) is 5.69 Å². The van der Waals surface area contributed by atoms with E-state index in [1.54, 1.807) is 18.3 Å². The Hall–Kier alpha value is -3.42. The van der Waals surface area contributed by atoms with Gasteiger partial charge in [-0.05, 0) is 67.6 Å². The number of pyridine rings is 1. The molecule has 2 aromatic carbocycles. The summed E-state index contributed by atoms with van der Waals surface area (Å²) in [6, 6.07) is 19.6. The van der Waals surface area contributed by atoms with E-state index in [2.05, 4.69) is 22.4 Å². The quantitative estimate of drug-likeness (QED) is 0.571. The SMILES string of the molecule is O=C(CN1CCCC(O)C1)Nc1ccc(Oc2ccc3c(c2)CCC(c2ccccc2)O3)nc1. The number of ether oxygens (including phenoxy) is 2. The van der Waals surface area contributed by atoms with Gasteiger partial charge in [-0.2, -0.15) is 0 Å². The third kappa shape index (κ3) is 5.55. The van der Waals surface area contributed by atoms with Crippen LogP contribution in [0.25, 0.3) is 0 Å². The molecule has 0 aliphatic carbocycles. The number of nitrogens with zero attached hydrogens (tertiary/aromatic N) is 2. The minimum Gasteiger partial charge on any atom is -0.485 e. The van der Waals surface area contributed by atoms with Gasteiger partial charge in [0.2, 0.25) is 11.8 Å². The summed E-state index contributed by atoms with van der Waals surface area (Å²) < 4.78 is 12.1. The topological polar surface area (TPSA) is 83.9 Å². The van der Waals surface area contributed by atoms with E-state index in [4.69, 9.17) is 9.47 Å². The fourth-order valence-electron chi connectivity index (χ4n) is 4.54. The fourth-order valence-corrected chi connectivity index (χ4v) is 4.54. The van der Waals surface area contributed by atoms with Gasteiger partial charge >= 0.3 is 0 Å². The summed E-state index contributed by atoms with van der Waals surface area (Å²) >= 11 is 0. The number of carbonyl (C=O) groups excluding carboxylic acids is 1. The lowest BCUT2D eigenvalue weighted by molar-refractivity contribution is -0.118. The maximum Gasteiger partial charge on any atom is 0.238 e. The first-order valence-electron chi connectivity index (χ1n) is 11.8. The Labute approximate surface area is 199 Å². The molecular formula is C27H29N3O4. The van der Waals surface area contributed by atoms with E-state index in [1.807, 2.05) is 41.3 Å². The Kier molecular flexibility index (Phi) is 6.74. The van der Waals surface area contributed by atoms with Crippen molar-refractivity contribution in [2.24, 2.45) is 0 Å². The van der Waals surface area contributed by atoms with Crippen LogP contribution in [-0.2, 0) is 11.2 Å². The average Bonchev–Trinajstić information content (AvgIpc) is 2.85. The number of rotatable bonds is 6. The number of piperidine rings is 1. The van der Waals surface area contributed by atoms with Crippen LogP contribution in [0.2, 0.25) is 0 Å². The Morgan fingerprint density at radius 1 is 1.15 bits per heavy atom. The molecule has 2 aliphatic rings. The van der Waals surface area contributed by atoms with Crippen molar-refractivity contribution >= 4 is 11.6 Å². The second-order valence-electron chi connectivity index (χ2n) is 8.89. The Morgan fingerprint density at radius 2 is 2.03 bits per heavy atom. The summed E-state index contributed by atoms with van der Waals surface area (Å²) in [6.45, 7) is 1.63. The summed E-state index contributed by atoms with van der Waals surface area (Å²) in [5.41, 5.74) is 2.93. The number of aryl methyl sites for hydroxylation is 1. The third-order valence-corrected chi connectivity index (χ3v) is 6.24. The van der Waals surface area contributed by atoms with E-state index in [0.717, 1.165) is 43.5 Å². The van der Waals surface area contributed by atoms with Crippen molar-refractivity contribution in [2.75, 3.05) is 25.0 Å². The standard InChI is InChI=1S/C27H29N3O4/c31-22-7-4-14-30(17-22)18-26(32)29-21-9-13-27(28-16-21)33-23-10-12-25-20(15-23)8-11-24(34-25)19-5-2-1-3-6-19/h1-3,5-6,9-10,12-13,15-16,22,24,31H,4,7-8,11,14,17-18H2,(H,29,32). The minimum atomic E-state index is -0.347. The second kappa shape index (κ2) is 10.2. The van der Waals surface area contributed by atoms with E-state index in [9.17, 15) is 9.90 Å². The molecular weight excluding hydrogens is 430 g/mol. The molecule has 2 aliphatic heterocycles. The number of hydrogen-bond donors (Lipinski definition) is 2. The van der Waals surface area contributed by atoms with Crippen LogP contribution in [-0.4, -0.2) is 46.6 Å². The molecule has 1 saturated heterocycles. The Balaban J connectivity index is 1.16. The molecule has 5 rings (SSSR count). The molecule has 2 N–H and O–H groups in total. The minimum absolute atomic E-state index is 0.0740. The fraction of sp³-hybridized carbons (Fsp3) is 0.333. The van der Waals surface area contributed by atoms with E-state index >= 15 is 0 Å². The average molecular weight is 460 g/mol. The number of β-amino-alcohol motifs (C(OH)–C–C–N with tert-alkyl or cyclic N) is 1. The lowest BCUT2D eigenvalue weighted by Crippen LogP contribution is -2.42. The molecule has 2 unspecified atom stereocenters. The molecule has 1 amide bonds. The zero-order chi connectivity index (χ0) is 23.3. The number of benzene rings is 2. The third-order valence-electron chi connectivity index (χ3n) is 6.24. The van der Waals surface area contributed by atoms with Gasteiger partial charge in [-0.15, -0.1) is 0 Å². The number of nitrogens with one attached hydrogen (secondary N) is 1. The Bertz CT molecular complexity index is 1120. The van der Waals surface area contributed by atoms with Crippen LogP contribution in [0.1, 0.15) is 36.5 Å². The highest BCUT2D eigenvalue weighted by Crippen LogP contribution is 2.37. The van der Waals surface area contributed by atoms with Gasteiger partial charge in [0.15, 0.2) is 0 Å². The van der Waals surface area contributed by atoms with Gasteiger partial charge in [-0.1, -0.05) is 30.3 Å². The van der Waals surface area contributed by atoms with Crippen molar-refractivity contribution in [1.29, 1.82) is 0 Å². The first-order chi connectivity index (χ1) is 16.6. The number of anilines is 1. The van der Waals surface area contributed by atoms with Crippen molar-refractivity contribution in [3.63, 3.8) is 0 Å². The zero-order valence-electron chi connectivity index (χ0n) is 19.0. The van der Waals surface area contributed by atoms with Gasteiger partial charge in [0.25, 0.3) is 0 Å². The van der Waals surface area contributed by atoms with E-state index in [-0.39, 0.29) is 24.7 Å². The summed E-state index contributed by atoms with van der Waals surface area (Å²) in [5.74, 6) is 1.93. The van der Waals surface area contributed by atoms with Gasteiger partial charge in [0, 0.05) is 12.6 Å². The van der Waals surface area contributed by atoms with E-state index < -0.39 is 0 Å². The molecule has 3 aromatic rings. The molecule has 0 spiro atoms. The molecule has 0 saturated carbocycles. The van der Waals surface area contributed by atoms with Crippen molar-refractivity contribution in [3.05, 3.63) is 78.0 Å². The van der Waals surface area contributed by atoms with E-state index in [0.29, 0.717) is 23.9 Å². The number of likely N-dealkylation sites (tertiary alicyclic amines) is 1. The van der Waals surface area contributed by atoms with Crippen molar-refractivity contribution in [3.8, 4) is 17.4 Å². The van der Waals surface area contributed by atoms with Crippen molar-refractivity contribution in [2.45, 2.75) is 37.9 Å². The number of carbonyl (C=O) groups is 1. The van der Waals surface area contributed by atoms with Gasteiger partial charge in [0.1, 0.15) is 17.6 Å². The number of aromatic nitrogens is 1. The highest BCUT2D eigenvalue weighted by atomic mass is 16.5. The number of aliphatic hydroxyl groups is 1. The smallest absolute Gasteiger partial charge is 0.238 e. The van der Waals surface area contributed by atoms with Crippen molar-refractivity contribution < 1.29 is 19.4 Å². The summed E-state index contributed by atoms with van der Waals surface area (Å²) in [5, 5.41) is 12.6. The molecule has 0 bridgehead atoms. The van der Waals surface area contributed by atoms with Crippen LogP contribution in [0.15, 0.2) is 66.9 Å². The molecule has 7 heteroatoms. The van der Waals surface area contributed by atoms with Gasteiger partial charge in [-0.3, -0.25) is 9.69 Å². The van der Waals surface area contributed by atoms with Gasteiger partial charge in [0.05, 0.1) is 24.5 Å². The van der Waals surface area contributed by atoms with E-state index in [1.165, 1.54) is 5.56 Å². The normalized spacial score (nSPS) is 20.1. The molecule has 176 valence electrons. The maximum absolute atomic E-state index is 12.3. The van der Waals surface area contributed by atoms with Crippen LogP contribution >= 0.6 is 0 Å². The first kappa shape index (κ1) is 22.4. The highest BCUT2D eigenvalue weighted by molar-refractivity contribution is 5.92. The van der Waals surface area contributed by atoms with Crippen LogP contribution in [0.5, 0.6) is 17.4 Å². The van der Waals surface area contributed by atoms with Gasteiger partial charge in [-0.25, -0.2) is 4.98 Å². The largest absolute Gasteiger partial charge is 0.485 e. The number of hydrogen-bond acceptors (Lipinski definition) is 6. The van der Waals surface area contributed by atoms with Crippen LogP contribution in [0.3, 0.4) is 0 Å². The number of amides is 1. The highest BCUT2D eigenvalue weighted by Gasteiger charge is 2.22. The molecule has 1 fully saturated rings. The molecule has 0 radical (unpaired) electrons. The van der Waals surface area contributed by atoms with Crippen molar-refractivity contribution in [1.82, 2.24) is 9.88 Å². The summed E-state index contributed by atoms with van der Waals surface area (Å²) in [7, 11) is 0. The molecule has 34 heavy (non-hydrogen) atoms. The number of aliphatic hydroxyl groups excluding tert-OH is 1. The number of fused-ring (bicyclic) bond motifs is 1. The lowest BCUT2D eigenvalue weighted by atomic mass is 9.97. The van der Waals surface area contributed by atoms with Gasteiger partial charge < -0.3 is 19.9 Å². The first-order valence-corrected chi connectivity index (χ1v) is 11.8. The molecule has 1 aromatic heterocycles. The summed E-state index contributed by atoms with van der Waals surface area (Å²) in [6.07, 6.45) is 4.86. The maximum atomic E-state index is 12.3.